The van der Waals surface area contributed by atoms with Crippen LogP contribution in [0.5, 0.6) is 0 Å². The van der Waals surface area contributed by atoms with Crippen molar-refractivity contribution in [3.63, 3.8) is 0 Å². The van der Waals surface area contributed by atoms with E-state index in [0.717, 1.165) is 16.8 Å². The minimum Gasteiger partial charge on any atom is -0.368 e. The molecule has 1 aliphatic rings. The van der Waals surface area contributed by atoms with Crippen LogP contribution in [0.1, 0.15) is 44.7 Å². The lowest BCUT2D eigenvalue weighted by Gasteiger charge is -2.35. The number of hydrogen-bond donors (Lipinski definition) is 1. The van der Waals surface area contributed by atoms with E-state index in [-0.39, 0.29) is 35.1 Å². The summed E-state index contributed by atoms with van der Waals surface area (Å²) in [7, 11) is 0. The number of aryl methyl sites for hydroxylation is 2. The van der Waals surface area contributed by atoms with Gasteiger partial charge >= 0.3 is 11.8 Å². The third kappa shape index (κ3) is 6.99. The number of halogens is 1. The molecule has 234 valence electrons. The number of amides is 2. The van der Waals surface area contributed by atoms with Crippen LogP contribution in [0.25, 0.3) is 22.5 Å². The van der Waals surface area contributed by atoms with Crippen molar-refractivity contribution in [2.45, 2.75) is 33.2 Å². The minimum absolute atomic E-state index is 0.0144. The summed E-state index contributed by atoms with van der Waals surface area (Å²) in [4.78, 5) is 34.2. The van der Waals surface area contributed by atoms with Gasteiger partial charge in [-0.2, -0.15) is 4.98 Å². The van der Waals surface area contributed by atoms with Gasteiger partial charge in [0.1, 0.15) is 5.82 Å². The highest BCUT2D eigenvalue weighted by molar-refractivity contribution is 5.95. The Morgan fingerprint density at radius 1 is 0.870 bits per heavy atom. The molecule has 1 unspecified atom stereocenters. The second-order valence-corrected chi connectivity index (χ2v) is 11.9. The molecule has 0 aliphatic carbocycles. The number of carbonyl (C=O) groups is 2. The van der Waals surface area contributed by atoms with Gasteiger partial charge in [0.15, 0.2) is 0 Å². The van der Waals surface area contributed by atoms with Gasteiger partial charge in [-0.05, 0) is 80.3 Å². The molecule has 5 aromatic rings. The quantitative estimate of drug-likeness (QED) is 0.214. The lowest BCUT2D eigenvalue weighted by molar-refractivity contribution is 0.0696. The molecule has 1 atom stereocenters. The number of anilines is 1. The number of carbonyl (C=O) groups excluding carboxylic acids is 2. The van der Waals surface area contributed by atoms with Crippen LogP contribution < -0.4 is 10.2 Å². The zero-order chi connectivity index (χ0) is 32.2. The van der Waals surface area contributed by atoms with Crippen molar-refractivity contribution in [3.05, 3.63) is 125 Å². The Labute approximate surface area is 267 Å². The molecule has 1 aliphatic heterocycles. The van der Waals surface area contributed by atoms with Gasteiger partial charge in [-0.15, -0.1) is 0 Å². The van der Waals surface area contributed by atoms with Crippen molar-refractivity contribution in [3.8, 4) is 22.5 Å². The maximum Gasteiger partial charge on any atom is 0.316 e. The predicted octanol–water partition coefficient (Wildman–Crippen LogP) is 6.48. The average molecular weight is 618 g/mol. The smallest absolute Gasteiger partial charge is 0.316 e. The average Bonchev–Trinajstić information content (AvgIpc) is 3.55. The normalized spacial score (nSPS) is 13.8. The number of benzene rings is 4. The van der Waals surface area contributed by atoms with Gasteiger partial charge in [0.25, 0.3) is 5.91 Å². The van der Waals surface area contributed by atoms with Crippen LogP contribution >= 0.6 is 0 Å². The van der Waals surface area contributed by atoms with Gasteiger partial charge in [0.05, 0.1) is 5.56 Å². The summed E-state index contributed by atoms with van der Waals surface area (Å²) in [5.74, 6) is -1.24. The summed E-state index contributed by atoms with van der Waals surface area (Å²) in [5, 5.41) is 6.90. The first-order valence-corrected chi connectivity index (χ1v) is 15.4. The predicted molar refractivity (Wildman–Crippen MR) is 176 cm³/mol. The molecule has 4 aromatic carbocycles. The van der Waals surface area contributed by atoms with Crippen LogP contribution in [-0.2, 0) is 6.42 Å². The maximum absolute atomic E-state index is 15.2. The van der Waals surface area contributed by atoms with E-state index in [1.54, 1.807) is 23.1 Å². The van der Waals surface area contributed by atoms with E-state index in [9.17, 15) is 9.59 Å². The van der Waals surface area contributed by atoms with Gasteiger partial charge in [0, 0.05) is 43.5 Å². The number of aromatic nitrogens is 2. The molecule has 2 heterocycles. The fourth-order valence-electron chi connectivity index (χ4n) is 5.64. The van der Waals surface area contributed by atoms with Gasteiger partial charge in [-0.25, -0.2) is 4.39 Å². The molecule has 46 heavy (non-hydrogen) atoms. The van der Waals surface area contributed by atoms with Crippen molar-refractivity contribution >= 4 is 17.5 Å². The summed E-state index contributed by atoms with van der Waals surface area (Å²) in [6, 6.07) is 28.5. The standard InChI is InChI=1S/C37H36FN5O3/c1-24-7-12-28(13-8-24)29-5-4-6-30(23-29)35(44)39-26(3)21-27-11-16-32(33(38)22-27)34-40-36(46-41-34)37(45)43-19-17-42(18-20-43)31-14-9-25(2)10-15-31/h4-16,22-23,26H,17-21H2,1-3H3,(H,39,44). The Balaban J connectivity index is 1.04. The molecule has 0 bridgehead atoms. The summed E-state index contributed by atoms with van der Waals surface area (Å²) < 4.78 is 20.5. The Kier molecular flexibility index (Phi) is 8.92. The number of rotatable bonds is 8. The zero-order valence-electron chi connectivity index (χ0n) is 26.2. The highest BCUT2D eigenvalue weighted by Gasteiger charge is 2.27. The molecular formula is C37H36FN5O3. The Morgan fingerprint density at radius 3 is 2.26 bits per heavy atom. The molecular weight excluding hydrogens is 581 g/mol. The Morgan fingerprint density at radius 2 is 1.57 bits per heavy atom. The topological polar surface area (TPSA) is 91.6 Å². The minimum atomic E-state index is -0.534. The summed E-state index contributed by atoms with van der Waals surface area (Å²) >= 11 is 0. The van der Waals surface area contributed by atoms with Crippen LogP contribution in [0.15, 0.2) is 95.5 Å². The van der Waals surface area contributed by atoms with E-state index in [0.29, 0.717) is 43.7 Å². The second kappa shape index (κ2) is 13.4. The number of piperazine rings is 1. The van der Waals surface area contributed by atoms with Gasteiger partial charge in [-0.1, -0.05) is 70.9 Å². The van der Waals surface area contributed by atoms with Crippen molar-refractivity contribution in [2.75, 3.05) is 31.1 Å². The van der Waals surface area contributed by atoms with E-state index in [1.807, 2.05) is 56.3 Å². The van der Waals surface area contributed by atoms with E-state index >= 15 is 4.39 Å². The maximum atomic E-state index is 15.2. The van der Waals surface area contributed by atoms with Crippen LogP contribution in [-0.4, -0.2) is 59.1 Å². The molecule has 6 rings (SSSR count). The lowest BCUT2D eigenvalue weighted by Crippen LogP contribution is -2.48. The fourth-order valence-corrected chi connectivity index (χ4v) is 5.64. The van der Waals surface area contributed by atoms with E-state index in [2.05, 4.69) is 51.5 Å². The molecule has 0 spiro atoms. The summed E-state index contributed by atoms with van der Waals surface area (Å²) in [5.41, 5.74) is 6.90. The van der Waals surface area contributed by atoms with Crippen LogP contribution in [0.2, 0.25) is 0 Å². The molecule has 9 heteroatoms. The molecule has 1 aromatic heterocycles. The molecule has 0 radical (unpaired) electrons. The summed E-state index contributed by atoms with van der Waals surface area (Å²) in [6.45, 7) is 8.37. The number of nitrogens with zero attached hydrogens (tertiary/aromatic N) is 4. The van der Waals surface area contributed by atoms with E-state index in [1.165, 1.54) is 17.2 Å². The third-order valence-electron chi connectivity index (χ3n) is 8.28. The largest absolute Gasteiger partial charge is 0.368 e. The molecule has 8 nitrogen and oxygen atoms in total. The number of nitrogens with one attached hydrogen (secondary N) is 1. The van der Waals surface area contributed by atoms with Gasteiger partial charge in [0.2, 0.25) is 5.82 Å². The lowest BCUT2D eigenvalue weighted by atomic mass is 10.0. The SMILES string of the molecule is Cc1ccc(-c2cccc(C(=O)NC(C)Cc3ccc(-c4noc(C(=O)N5CCN(c6ccc(C)cc6)CC5)n4)c(F)c3)c2)cc1. The molecule has 1 saturated heterocycles. The van der Waals surface area contributed by atoms with Crippen molar-refractivity contribution in [1.29, 1.82) is 0 Å². The first kappa shape index (κ1) is 30.7. The van der Waals surface area contributed by atoms with E-state index < -0.39 is 5.82 Å². The molecule has 1 N–H and O–H groups in total. The van der Waals surface area contributed by atoms with Crippen LogP contribution in [0.4, 0.5) is 10.1 Å². The molecule has 1 fully saturated rings. The van der Waals surface area contributed by atoms with Crippen molar-refractivity contribution in [2.24, 2.45) is 0 Å². The van der Waals surface area contributed by atoms with Crippen molar-refractivity contribution in [1.82, 2.24) is 20.4 Å². The van der Waals surface area contributed by atoms with Crippen LogP contribution in [0.3, 0.4) is 0 Å². The zero-order valence-corrected chi connectivity index (χ0v) is 26.2. The third-order valence-corrected chi connectivity index (χ3v) is 8.28. The second-order valence-electron chi connectivity index (χ2n) is 11.9. The Hall–Kier alpha value is -5.31. The fraction of sp³-hybridized carbons (Fsp3) is 0.243. The van der Waals surface area contributed by atoms with Gasteiger partial charge in [-0.3, -0.25) is 9.59 Å². The highest BCUT2D eigenvalue weighted by Crippen LogP contribution is 2.24. The summed E-state index contributed by atoms with van der Waals surface area (Å²) in [6.07, 6.45) is 0.422. The monoisotopic (exact) mass is 617 g/mol. The number of hydrogen-bond acceptors (Lipinski definition) is 6. The molecule has 2 amide bonds. The van der Waals surface area contributed by atoms with Crippen LogP contribution in [0, 0.1) is 19.7 Å². The highest BCUT2D eigenvalue weighted by atomic mass is 19.1. The van der Waals surface area contributed by atoms with Gasteiger partial charge < -0.3 is 19.6 Å². The molecule has 0 saturated carbocycles. The van der Waals surface area contributed by atoms with E-state index in [4.69, 9.17) is 4.52 Å². The first-order chi connectivity index (χ1) is 22.2. The first-order valence-electron chi connectivity index (χ1n) is 15.4. The van der Waals surface area contributed by atoms with Crippen molar-refractivity contribution < 1.29 is 18.5 Å². The Bertz CT molecular complexity index is 1840.